The first-order valence-electron chi connectivity index (χ1n) is 10.9. The maximum absolute atomic E-state index is 13.0. The van der Waals surface area contributed by atoms with Crippen molar-refractivity contribution in [3.8, 4) is 6.07 Å². The van der Waals surface area contributed by atoms with Crippen LogP contribution >= 0.6 is 0 Å². The predicted molar refractivity (Wildman–Crippen MR) is 117 cm³/mol. The Morgan fingerprint density at radius 3 is 2.71 bits per heavy atom. The minimum atomic E-state index is -0.851. The molecule has 0 spiro atoms. The third kappa shape index (κ3) is 3.70. The molecule has 160 valence electrons. The maximum Gasteiger partial charge on any atom is 0.247 e. The molecular formula is C23H26N6O2. The van der Waals surface area contributed by atoms with Crippen LogP contribution in [0.15, 0.2) is 36.7 Å². The van der Waals surface area contributed by atoms with Crippen LogP contribution in [-0.2, 0) is 4.79 Å². The summed E-state index contributed by atoms with van der Waals surface area (Å²) in [5, 5.41) is 22.8. The van der Waals surface area contributed by atoms with Gasteiger partial charge in [0.25, 0.3) is 0 Å². The first-order valence-corrected chi connectivity index (χ1v) is 10.9. The topological polar surface area (TPSA) is 105 Å². The van der Waals surface area contributed by atoms with E-state index in [2.05, 4.69) is 26.3 Å². The third-order valence-electron chi connectivity index (χ3n) is 6.65. The molecule has 3 fully saturated rings. The Kier molecular flexibility index (Phi) is 4.98. The summed E-state index contributed by atoms with van der Waals surface area (Å²) in [6, 6.07) is 9.83. The molecule has 0 bridgehead atoms. The standard InChI is InChI=1S/C23H26N6O2/c24-15-23(16-3-4-16)8-11-29(22(23)31)17-7-9-25-21(12-17)27-20-6-5-18(13-26-20)28-10-1-2-19(30)14-28/h5-7,9,12-13,16,19,30H,1-4,8,10-11,14H2,(H,25,26,27)/t19-,23-/m1/s1. The van der Waals surface area contributed by atoms with Crippen molar-refractivity contribution in [1.29, 1.82) is 5.26 Å². The van der Waals surface area contributed by atoms with Crippen molar-refractivity contribution in [2.45, 2.75) is 38.2 Å². The Morgan fingerprint density at radius 2 is 2.00 bits per heavy atom. The van der Waals surface area contributed by atoms with E-state index in [1.165, 1.54) is 0 Å². The van der Waals surface area contributed by atoms with Gasteiger partial charge >= 0.3 is 0 Å². The van der Waals surface area contributed by atoms with Crippen molar-refractivity contribution in [3.05, 3.63) is 36.7 Å². The second-order valence-electron chi connectivity index (χ2n) is 8.73. The fourth-order valence-corrected chi connectivity index (χ4v) is 4.76. The summed E-state index contributed by atoms with van der Waals surface area (Å²) in [5.41, 5.74) is 0.886. The van der Waals surface area contributed by atoms with Gasteiger partial charge in [0, 0.05) is 37.6 Å². The quantitative estimate of drug-likeness (QED) is 0.769. The van der Waals surface area contributed by atoms with Gasteiger partial charge in [-0.05, 0) is 56.2 Å². The molecule has 2 aromatic rings. The molecule has 1 amide bonds. The summed E-state index contributed by atoms with van der Waals surface area (Å²) in [4.78, 5) is 25.8. The summed E-state index contributed by atoms with van der Waals surface area (Å²) in [5.74, 6) is 1.38. The molecule has 31 heavy (non-hydrogen) atoms. The van der Waals surface area contributed by atoms with E-state index in [1.54, 1.807) is 17.3 Å². The minimum absolute atomic E-state index is 0.0825. The first kappa shape index (κ1) is 19.8. The molecule has 8 heteroatoms. The molecule has 2 aliphatic heterocycles. The summed E-state index contributed by atoms with van der Waals surface area (Å²) < 4.78 is 0. The number of amides is 1. The smallest absolute Gasteiger partial charge is 0.247 e. The van der Waals surface area contributed by atoms with Gasteiger partial charge in [0.2, 0.25) is 5.91 Å². The van der Waals surface area contributed by atoms with Crippen molar-refractivity contribution < 1.29 is 9.90 Å². The lowest BCUT2D eigenvalue weighted by atomic mass is 9.83. The Morgan fingerprint density at radius 1 is 1.13 bits per heavy atom. The lowest BCUT2D eigenvalue weighted by Gasteiger charge is -2.31. The lowest BCUT2D eigenvalue weighted by molar-refractivity contribution is -0.123. The van der Waals surface area contributed by atoms with Gasteiger partial charge in [-0.1, -0.05) is 0 Å². The predicted octanol–water partition coefficient (Wildman–Crippen LogP) is 2.84. The number of nitriles is 1. The van der Waals surface area contributed by atoms with Gasteiger partial charge in [-0.25, -0.2) is 9.97 Å². The van der Waals surface area contributed by atoms with Gasteiger partial charge in [-0.15, -0.1) is 0 Å². The van der Waals surface area contributed by atoms with Crippen LogP contribution in [0.4, 0.5) is 23.0 Å². The molecule has 0 radical (unpaired) electrons. The third-order valence-corrected chi connectivity index (χ3v) is 6.65. The molecular weight excluding hydrogens is 392 g/mol. The Balaban J connectivity index is 1.29. The fraction of sp³-hybridized carbons (Fsp3) is 0.478. The van der Waals surface area contributed by atoms with Crippen LogP contribution in [0.1, 0.15) is 32.1 Å². The molecule has 1 aliphatic carbocycles. The van der Waals surface area contributed by atoms with E-state index in [9.17, 15) is 15.2 Å². The van der Waals surface area contributed by atoms with Crippen LogP contribution < -0.4 is 15.1 Å². The second-order valence-corrected chi connectivity index (χ2v) is 8.73. The van der Waals surface area contributed by atoms with Crippen LogP contribution in [-0.4, -0.2) is 46.7 Å². The molecule has 8 nitrogen and oxygen atoms in total. The van der Waals surface area contributed by atoms with Crippen molar-refractivity contribution >= 4 is 28.9 Å². The largest absolute Gasteiger partial charge is 0.391 e. The van der Waals surface area contributed by atoms with E-state index in [0.29, 0.717) is 31.1 Å². The number of hydrogen-bond acceptors (Lipinski definition) is 7. The number of rotatable bonds is 5. The average Bonchev–Trinajstić information content (AvgIpc) is 3.58. The number of aliphatic hydroxyl groups is 1. The highest BCUT2D eigenvalue weighted by molar-refractivity contribution is 6.02. The summed E-state index contributed by atoms with van der Waals surface area (Å²) >= 11 is 0. The van der Waals surface area contributed by atoms with Gasteiger partial charge in [0.1, 0.15) is 17.1 Å². The lowest BCUT2D eigenvalue weighted by Crippen LogP contribution is -2.38. The molecule has 3 aliphatic rings. The van der Waals surface area contributed by atoms with Crippen molar-refractivity contribution in [2.75, 3.05) is 34.8 Å². The highest BCUT2D eigenvalue weighted by Crippen LogP contribution is 2.51. The van der Waals surface area contributed by atoms with E-state index in [0.717, 1.165) is 43.6 Å². The SMILES string of the molecule is N#C[C@@]1(C2CC2)CCN(c2ccnc(Nc3ccc(N4CCC[C@@H](O)C4)cn3)c2)C1=O. The van der Waals surface area contributed by atoms with Crippen molar-refractivity contribution in [3.63, 3.8) is 0 Å². The molecule has 4 heterocycles. The fourth-order valence-electron chi connectivity index (χ4n) is 4.76. The number of piperidine rings is 1. The number of carbonyl (C=O) groups is 1. The molecule has 2 saturated heterocycles. The van der Waals surface area contributed by atoms with Gasteiger partial charge in [-0.3, -0.25) is 4.79 Å². The zero-order valence-electron chi connectivity index (χ0n) is 17.4. The molecule has 0 aromatic carbocycles. The number of anilines is 4. The number of aromatic nitrogens is 2. The van der Waals surface area contributed by atoms with Crippen LogP contribution in [0, 0.1) is 22.7 Å². The normalized spacial score (nSPS) is 26.1. The van der Waals surface area contributed by atoms with Crippen LogP contribution in [0.2, 0.25) is 0 Å². The number of carbonyl (C=O) groups excluding carboxylic acids is 1. The summed E-state index contributed by atoms with van der Waals surface area (Å²) in [7, 11) is 0. The number of β-amino-alcohol motifs (C(OH)–C–C–N with tert-alkyl or cyclic N) is 1. The zero-order chi connectivity index (χ0) is 21.4. The molecule has 2 aromatic heterocycles. The van der Waals surface area contributed by atoms with E-state index >= 15 is 0 Å². The molecule has 5 rings (SSSR count). The van der Waals surface area contributed by atoms with Crippen LogP contribution in [0.25, 0.3) is 0 Å². The number of hydrogen-bond donors (Lipinski definition) is 2. The number of pyridine rings is 2. The molecule has 2 N–H and O–H groups in total. The Labute approximate surface area is 181 Å². The second kappa shape index (κ2) is 7.82. The van der Waals surface area contributed by atoms with E-state index in [4.69, 9.17) is 0 Å². The Hall–Kier alpha value is -3.18. The van der Waals surface area contributed by atoms with Gasteiger partial charge in [-0.2, -0.15) is 5.26 Å². The average molecular weight is 419 g/mol. The highest BCUT2D eigenvalue weighted by atomic mass is 16.3. The molecule has 1 saturated carbocycles. The van der Waals surface area contributed by atoms with Gasteiger partial charge in [0.15, 0.2) is 0 Å². The molecule has 2 atom stereocenters. The number of nitrogens with one attached hydrogen (secondary N) is 1. The van der Waals surface area contributed by atoms with Crippen molar-refractivity contribution in [2.24, 2.45) is 11.3 Å². The van der Waals surface area contributed by atoms with Gasteiger partial charge < -0.3 is 20.2 Å². The van der Waals surface area contributed by atoms with Gasteiger partial charge in [0.05, 0.1) is 24.1 Å². The first-order chi connectivity index (χ1) is 15.1. The van der Waals surface area contributed by atoms with Crippen molar-refractivity contribution in [1.82, 2.24) is 9.97 Å². The minimum Gasteiger partial charge on any atom is -0.391 e. The zero-order valence-corrected chi connectivity index (χ0v) is 17.4. The number of nitrogens with zero attached hydrogens (tertiary/aromatic N) is 5. The summed E-state index contributed by atoms with van der Waals surface area (Å²) in [6.45, 7) is 2.11. The van der Waals surface area contributed by atoms with E-state index < -0.39 is 5.41 Å². The van der Waals surface area contributed by atoms with Crippen LogP contribution in [0.5, 0.6) is 0 Å². The van der Waals surface area contributed by atoms with Crippen LogP contribution in [0.3, 0.4) is 0 Å². The Bertz CT molecular complexity index is 1020. The van der Waals surface area contributed by atoms with E-state index in [1.807, 2.05) is 24.3 Å². The molecule has 0 unspecified atom stereocenters. The summed E-state index contributed by atoms with van der Waals surface area (Å²) in [6.07, 6.45) is 7.52. The highest BCUT2D eigenvalue weighted by Gasteiger charge is 2.56. The monoisotopic (exact) mass is 418 g/mol. The number of aliphatic hydroxyl groups excluding tert-OH is 1. The maximum atomic E-state index is 13.0. The van der Waals surface area contributed by atoms with E-state index in [-0.39, 0.29) is 17.9 Å².